The van der Waals surface area contributed by atoms with Crippen molar-refractivity contribution in [1.82, 2.24) is 9.80 Å². The fourth-order valence-electron chi connectivity index (χ4n) is 3.68. The summed E-state index contributed by atoms with van der Waals surface area (Å²) in [6, 6.07) is 4.19. The third-order valence-electron chi connectivity index (χ3n) is 5.20. The molecule has 1 aromatic carbocycles. The lowest BCUT2D eigenvalue weighted by atomic mass is 9.81. The minimum Gasteiger partial charge on any atom is -0.338 e. The average Bonchev–Trinajstić information content (AvgIpc) is 2.61. The van der Waals surface area contributed by atoms with E-state index in [0.717, 1.165) is 32.1 Å². The second-order valence-corrected chi connectivity index (χ2v) is 7.31. The van der Waals surface area contributed by atoms with Crippen molar-refractivity contribution in [3.05, 3.63) is 34.6 Å². The molecule has 0 spiro atoms. The summed E-state index contributed by atoms with van der Waals surface area (Å²) in [5.41, 5.74) is 5.45. The Balaban J connectivity index is 1.64. The largest absolute Gasteiger partial charge is 0.338 e. The fraction of sp³-hybridized carbons (Fsp3) is 0.556. The molecule has 0 atom stereocenters. The second kappa shape index (κ2) is 7.30. The van der Waals surface area contributed by atoms with Crippen LogP contribution >= 0.6 is 11.6 Å². The summed E-state index contributed by atoms with van der Waals surface area (Å²) in [4.78, 5) is 28.6. The van der Waals surface area contributed by atoms with Gasteiger partial charge in [-0.1, -0.05) is 36.9 Å². The van der Waals surface area contributed by atoms with Crippen molar-refractivity contribution >= 4 is 23.4 Å². The van der Waals surface area contributed by atoms with E-state index in [2.05, 4.69) is 0 Å². The molecule has 0 aromatic heterocycles. The lowest BCUT2D eigenvalue weighted by Crippen LogP contribution is -2.60. The van der Waals surface area contributed by atoms with Crippen molar-refractivity contribution in [2.45, 2.75) is 37.6 Å². The van der Waals surface area contributed by atoms with Gasteiger partial charge in [-0.3, -0.25) is 9.59 Å². The number of amides is 2. The number of piperazine rings is 1. The van der Waals surface area contributed by atoms with E-state index >= 15 is 0 Å². The Bertz CT molecular complexity index is 648. The first-order valence-electron chi connectivity index (χ1n) is 8.74. The van der Waals surface area contributed by atoms with Gasteiger partial charge in [0.25, 0.3) is 5.91 Å². The number of nitrogens with two attached hydrogens (primary N) is 1. The van der Waals surface area contributed by atoms with Crippen LogP contribution in [0.5, 0.6) is 0 Å². The van der Waals surface area contributed by atoms with E-state index in [-0.39, 0.29) is 16.5 Å². The predicted molar refractivity (Wildman–Crippen MR) is 93.9 cm³/mol. The highest BCUT2D eigenvalue weighted by atomic mass is 35.5. The monoisotopic (exact) mass is 367 g/mol. The molecule has 7 heteroatoms. The van der Waals surface area contributed by atoms with Crippen molar-refractivity contribution < 1.29 is 14.0 Å². The van der Waals surface area contributed by atoms with Crippen LogP contribution in [0, 0.1) is 5.82 Å². The van der Waals surface area contributed by atoms with Gasteiger partial charge in [-0.25, -0.2) is 4.39 Å². The lowest BCUT2D eigenvalue weighted by Gasteiger charge is -2.41. The van der Waals surface area contributed by atoms with E-state index in [4.69, 9.17) is 17.3 Å². The van der Waals surface area contributed by atoms with Crippen LogP contribution < -0.4 is 5.73 Å². The molecule has 136 valence electrons. The lowest BCUT2D eigenvalue weighted by molar-refractivity contribution is -0.139. The zero-order chi connectivity index (χ0) is 18.0. The molecule has 0 radical (unpaired) electrons. The summed E-state index contributed by atoms with van der Waals surface area (Å²) in [5.74, 6) is -1.09. The van der Waals surface area contributed by atoms with E-state index < -0.39 is 17.3 Å². The van der Waals surface area contributed by atoms with Crippen LogP contribution in [0.1, 0.15) is 42.5 Å². The highest BCUT2D eigenvalue weighted by Gasteiger charge is 2.39. The minimum atomic E-state index is -0.765. The molecular weight excluding hydrogens is 345 g/mol. The van der Waals surface area contributed by atoms with Crippen LogP contribution in [0.2, 0.25) is 5.02 Å². The van der Waals surface area contributed by atoms with E-state index in [9.17, 15) is 14.0 Å². The standard InChI is InChI=1S/C18H23ClFN3O2/c19-13-5-4-6-14(20)15(13)16(24)22-9-11-23(12-10-22)17(25)18(21)7-2-1-3-8-18/h4-6H,1-3,7-12,21H2. The maximum absolute atomic E-state index is 13.9. The summed E-state index contributed by atoms with van der Waals surface area (Å²) in [7, 11) is 0. The molecule has 1 heterocycles. The normalized spacial score (nSPS) is 20.4. The molecule has 1 saturated heterocycles. The Morgan fingerprint density at radius 2 is 1.64 bits per heavy atom. The molecule has 1 aromatic rings. The Hall–Kier alpha value is -1.66. The number of carbonyl (C=O) groups is 2. The van der Waals surface area contributed by atoms with Crippen LogP contribution in [0.15, 0.2) is 18.2 Å². The van der Waals surface area contributed by atoms with Crippen LogP contribution in [-0.2, 0) is 4.79 Å². The molecule has 25 heavy (non-hydrogen) atoms. The molecule has 2 amide bonds. The van der Waals surface area contributed by atoms with Gasteiger partial charge >= 0.3 is 0 Å². The van der Waals surface area contributed by atoms with Gasteiger partial charge in [-0.15, -0.1) is 0 Å². The number of hydrogen-bond acceptors (Lipinski definition) is 3. The summed E-state index contributed by atoms with van der Waals surface area (Å²) < 4.78 is 13.9. The molecule has 2 N–H and O–H groups in total. The third-order valence-corrected chi connectivity index (χ3v) is 5.52. The highest BCUT2D eigenvalue weighted by molar-refractivity contribution is 6.33. The second-order valence-electron chi connectivity index (χ2n) is 6.90. The number of carbonyl (C=O) groups excluding carboxylic acids is 2. The van der Waals surface area contributed by atoms with Crippen molar-refractivity contribution in [3.63, 3.8) is 0 Å². The van der Waals surface area contributed by atoms with Gasteiger partial charge in [0.05, 0.1) is 16.1 Å². The molecule has 0 bridgehead atoms. The van der Waals surface area contributed by atoms with Gasteiger partial charge in [0.2, 0.25) is 5.91 Å². The summed E-state index contributed by atoms with van der Waals surface area (Å²) >= 11 is 5.97. The van der Waals surface area contributed by atoms with E-state index in [1.807, 2.05) is 0 Å². The Morgan fingerprint density at radius 1 is 1.04 bits per heavy atom. The Labute approximate surface area is 151 Å². The molecule has 5 nitrogen and oxygen atoms in total. The molecule has 0 unspecified atom stereocenters. The smallest absolute Gasteiger partial charge is 0.258 e. The number of halogens is 2. The molecule has 1 saturated carbocycles. The topological polar surface area (TPSA) is 66.6 Å². The zero-order valence-corrected chi connectivity index (χ0v) is 14.9. The first kappa shape index (κ1) is 18.1. The molecule has 2 fully saturated rings. The first-order chi connectivity index (χ1) is 11.9. The first-order valence-corrected chi connectivity index (χ1v) is 9.12. The van der Waals surface area contributed by atoms with E-state index in [1.54, 1.807) is 4.90 Å². The van der Waals surface area contributed by atoms with Gasteiger partial charge in [0.1, 0.15) is 5.82 Å². The summed E-state index contributed by atoms with van der Waals surface area (Å²) in [6.45, 7) is 1.53. The minimum absolute atomic E-state index is 0.0248. The van der Waals surface area contributed by atoms with Crippen molar-refractivity contribution in [1.29, 1.82) is 0 Å². The van der Waals surface area contributed by atoms with Crippen molar-refractivity contribution in [3.8, 4) is 0 Å². The maximum Gasteiger partial charge on any atom is 0.258 e. The van der Waals surface area contributed by atoms with E-state index in [0.29, 0.717) is 26.2 Å². The SMILES string of the molecule is NC1(C(=O)N2CCN(C(=O)c3c(F)cccc3Cl)CC2)CCCCC1. The van der Waals surface area contributed by atoms with Gasteiger partial charge < -0.3 is 15.5 Å². The van der Waals surface area contributed by atoms with Crippen LogP contribution in [0.3, 0.4) is 0 Å². The van der Waals surface area contributed by atoms with Gasteiger partial charge in [0.15, 0.2) is 0 Å². The highest BCUT2D eigenvalue weighted by Crippen LogP contribution is 2.28. The average molecular weight is 368 g/mol. The molecule has 1 aliphatic carbocycles. The van der Waals surface area contributed by atoms with Gasteiger partial charge in [-0.05, 0) is 25.0 Å². The summed E-state index contributed by atoms with van der Waals surface area (Å²) in [6.07, 6.45) is 4.52. The van der Waals surface area contributed by atoms with Crippen molar-refractivity contribution in [2.24, 2.45) is 5.73 Å². The number of nitrogens with zero attached hydrogens (tertiary/aromatic N) is 2. The molecule has 2 aliphatic rings. The maximum atomic E-state index is 13.9. The van der Waals surface area contributed by atoms with Crippen LogP contribution in [0.25, 0.3) is 0 Å². The van der Waals surface area contributed by atoms with E-state index in [1.165, 1.54) is 23.1 Å². The van der Waals surface area contributed by atoms with Gasteiger partial charge in [-0.2, -0.15) is 0 Å². The molecule has 1 aliphatic heterocycles. The fourth-order valence-corrected chi connectivity index (χ4v) is 3.93. The zero-order valence-electron chi connectivity index (χ0n) is 14.1. The summed E-state index contributed by atoms with van der Waals surface area (Å²) in [5, 5.41) is 0.103. The molecular formula is C18H23ClFN3O2. The number of hydrogen-bond donors (Lipinski definition) is 1. The van der Waals surface area contributed by atoms with Gasteiger partial charge in [0, 0.05) is 26.2 Å². The Morgan fingerprint density at radius 3 is 2.24 bits per heavy atom. The predicted octanol–water partition coefficient (Wildman–Crippen LogP) is 2.43. The number of benzene rings is 1. The Kier molecular flexibility index (Phi) is 5.29. The van der Waals surface area contributed by atoms with Crippen molar-refractivity contribution in [2.75, 3.05) is 26.2 Å². The van der Waals surface area contributed by atoms with Crippen LogP contribution in [-0.4, -0.2) is 53.3 Å². The third kappa shape index (κ3) is 3.65. The van der Waals surface area contributed by atoms with Crippen LogP contribution in [0.4, 0.5) is 4.39 Å². The number of rotatable bonds is 2. The molecule has 3 rings (SSSR count). The quantitative estimate of drug-likeness (QED) is 0.873.